The Hall–Kier alpha value is -2.56. The molecule has 3 rings (SSSR count). The van der Waals surface area contributed by atoms with Gasteiger partial charge in [0.15, 0.2) is 0 Å². The molecular weight excluding hydrogens is 252 g/mol. The topological polar surface area (TPSA) is 69.9 Å². The van der Waals surface area contributed by atoms with E-state index in [4.69, 9.17) is 10.2 Å². The zero-order chi connectivity index (χ0) is 13.9. The lowest BCUT2D eigenvalue weighted by Gasteiger charge is -2.03. The molecule has 5 nitrogen and oxygen atoms in total. The van der Waals surface area contributed by atoms with Gasteiger partial charge in [-0.15, -0.1) is 0 Å². The van der Waals surface area contributed by atoms with Gasteiger partial charge in [-0.25, -0.2) is 0 Å². The normalized spacial score (nSPS) is 10.8. The van der Waals surface area contributed by atoms with E-state index in [-0.39, 0.29) is 0 Å². The first-order valence-electron chi connectivity index (χ1n) is 6.50. The summed E-state index contributed by atoms with van der Waals surface area (Å²) in [6.07, 6.45) is 6.83. The van der Waals surface area contributed by atoms with Gasteiger partial charge in [0, 0.05) is 37.0 Å². The molecule has 0 spiro atoms. The SMILES string of the molecule is Cn1nc(CCc2ccco2)c(-c2cccnc2)c1N. The second kappa shape index (κ2) is 5.21. The molecule has 0 aliphatic carbocycles. The van der Waals surface area contributed by atoms with E-state index in [9.17, 15) is 0 Å². The fourth-order valence-corrected chi connectivity index (χ4v) is 2.29. The first-order chi connectivity index (χ1) is 9.75. The number of aromatic nitrogens is 3. The molecular formula is C15H16N4O. The van der Waals surface area contributed by atoms with Gasteiger partial charge in [0.1, 0.15) is 11.6 Å². The molecule has 0 bridgehead atoms. The first kappa shape index (κ1) is 12.5. The molecule has 0 unspecified atom stereocenters. The highest BCUT2D eigenvalue weighted by atomic mass is 16.3. The summed E-state index contributed by atoms with van der Waals surface area (Å²) in [6.45, 7) is 0. The average Bonchev–Trinajstić information content (AvgIpc) is 3.07. The van der Waals surface area contributed by atoms with Crippen LogP contribution in [0.25, 0.3) is 11.1 Å². The minimum Gasteiger partial charge on any atom is -0.469 e. The van der Waals surface area contributed by atoms with Gasteiger partial charge >= 0.3 is 0 Å². The quantitative estimate of drug-likeness (QED) is 0.789. The van der Waals surface area contributed by atoms with E-state index in [1.807, 2.05) is 37.5 Å². The smallest absolute Gasteiger partial charge is 0.129 e. The molecule has 5 heteroatoms. The fourth-order valence-electron chi connectivity index (χ4n) is 2.29. The van der Waals surface area contributed by atoms with Gasteiger partial charge in [0.05, 0.1) is 12.0 Å². The lowest BCUT2D eigenvalue weighted by Crippen LogP contribution is -1.98. The van der Waals surface area contributed by atoms with Crippen LogP contribution in [-0.2, 0) is 19.9 Å². The van der Waals surface area contributed by atoms with E-state index in [0.717, 1.165) is 35.4 Å². The van der Waals surface area contributed by atoms with Crippen molar-refractivity contribution in [2.24, 2.45) is 7.05 Å². The lowest BCUT2D eigenvalue weighted by atomic mass is 10.0. The number of hydrogen-bond acceptors (Lipinski definition) is 4. The zero-order valence-corrected chi connectivity index (χ0v) is 11.3. The van der Waals surface area contributed by atoms with E-state index in [1.54, 1.807) is 17.1 Å². The van der Waals surface area contributed by atoms with Crippen LogP contribution >= 0.6 is 0 Å². The Kier molecular flexibility index (Phi) is 3.25. The molecule has 3 aromatic rings. The second-order valence-electron chi connectivity index (χ2n) is 4.65. The third kappa shape index (κ3) is 2.30. The van der Waals surface area contributed by atoms with Crippen molar-refractivity contribution in [3.63, 3.8) is 0 Å². The van der Waals surface area contributed by atoms with Crippen LogP contribution in [0.3, 0.4) is 0 Å². The Balaban J connectivity index is 1.93. The van der Waals surface area contributed by atoms with E-state index in [1.165, 1.54) is 0 Å². The summed E-state index contributed by atoms with van der Waals surface area (Å²) in [6, 6.07) is 7.76. The number of rotatable bonds is 4. The molecule has 0 aliphatic heterocycles. The number of hydrogen-bond donors (Lipinski definition) is 1. The standard InChI is InChI=1S/C15H16N4O/c1-19-15(16)14(11-4-2-8-17-10-11)13(18-19)7-6-12-5-3-9-20-12/h2-5,8-10H,6-7,16H2,1H3. The van der Waals surface area contributed by atoms with E-state index >= 15 is 0 Å². The summed E-state index contributed by atoms with van der Waals surface area (Å²) < 4.78 is 7.07. The Morgan fingerprint density at radius 1 is 1.25 bits per heavy atom. The summed E-state index contributed by atoms with van der Waals surface area (Å²) in [5, 5.41) is 4.51. The van der Waals surface area contributed by atoms with Crippen molar-refractivity contribution in [1.82, 2.24) is 14.8 Å². The maximum atomic E-state index is 6.13. The van der Waals surface area contributed by atoms with Crippen molar-refractivity contribution in [1.29, 1.82) is 0 Å². The lowest BCUT2D eigenvalue weighted by molar-refractivity contribution is 0.507. The van der Waals surface area contributed by atoms with Gasteiger partial charge in [0.2, 0.25) is 0 Å². The van der Waals surface area contributed by atoms with Crippen molar-refractivity contribution in [3.05, 3.63) is 54.4 Å². The van der Waals surface area contributed by atoms with Crippen LogP contribution in [0, 0.1) is 0 Å². The van der Waals surface area contributed by atoms with Crippen LogP contribution in [-0.4, -0.2) is 14.8 Å². The molecule has 0 amide bonds. The third-order valence-corrected chi connectivity index (χ3v) is 3.30. The predicted octanol–water partition coefficient (Wildman–Crippen LogP) is 2.44. The summed E-state index contributed by atoms with van der Waals surface area (Å²) in [5.41, 5.74) is 9.06. The van der Waals surface area contributed by atoms with Crippen LogP contribution in [0.15, 0.2) is 47.3 Å². The maximum Gasteiger partial charge on any atom is 0.129 e. The summed E-state index contributed by atoms with van der Waals surface area (Å²) in [7, 11) is 1.85. The molecule has 102 valence electrons. The number of aryl methyl sites for hydroxylation is 3. The van der Waals surface area contributed by atoms with Crippen LogP contribution in [0.4, 0.5) is 5.82 Å². The Bertz CT molecular complexity index is 686. The van der Waals surface area contributed by atoms with Crippen LogP contribution in [0.5, 0.6) is 0 Å². The molecule has 0 fully saturated rings. The summed E-state index contributed by atoms with van der Waals surface area (Å²) in [5.74, 6) is 1.61. The highest BCUT2D eigenvalue weighted by Crippen LogP contribution is 2.29. The Labute approximate surface area is 117 Å². The van der Waals surface area contributed by atoms with Crippen molar-refractivity contribution < 1.29 is 4.42 Å². The number of nitrogens with zero attached hydrogens (tertiary/aromatic N) is 3. The van der Waals surface area contributed by atoms with Crippen molar-refractivity contribution in [2.45, 2.75) is 12.8 Å². The third-order valence-electron chi connectivity index (χ3n) is 3.30. The van der Waals surface area contributed by atoms with Gasteiger partial charge in [-0.05, 0) is 24.6 Å². The highest BCUT2D eigenvalue weighted by molar-refractivity contribution is 5.76. The summed E-state index contributed by atoms with van der Waals surface area (Å²) in [4.78, 5) is 4.15. The Morgan fingerprint density at radius 2 is 2.15 bits per heavy atom. The number of nitrogens with two attached hydrogens (primary N) is 1. The van der Waals surface area contributed by atoms with E-state index in [2.05, 4.69) is 10.1 Å². The molecule has 3 heterocycles. The minimum atomic E-state index is 0.660. The highest BCUT2D eigenvalue weighted by Gasteiger charge is 2.16. The molecule has 3 aromatic heterocycles. The summed E-state index contributed by atoms with van der Waals surface area (Å²) >= 11 is 0. The van der Waals surface area contributed by atoms with Crippen LogP contribution < -0.4 is 5.73 Å². The van der Waals surface area contributed by atoms with Gasteiger partial charge in [-0.2, -0.15) is 5.10 Å². The van der Waals surface area contributed by atoms with Crippen molar-refractivity contribution in [3.8, 4) is 11.1 Å². The van der Waals surface area contributed by atoms with Crippen LogP contribution in [0.2, 0.25) is 0 Å². The monoisotopic (exact) mass is 268 g/mol. The minimum absolute atomic E-state index is 0.660. The number of furan rings is 1. The predicted molar refractivity (Wildman–Crippen MR) is 77.0 cm³/mol. The molecule has 20 heavy (non-hydrogen) atoms. The van der Waals surface area contributed by atoms with Gasteiger partial charge < -0.3 is 10.2 Å². The second-order valence-corrected chi connectivity index (χ2v) is 4.65. The van der Waals surface area contributed by atoms with Gasteiger partial charge in [-0.3, -0.25) is 9.67 Å². The maximum absolute atomic E-state index is 6.13. The largest absolute Gasteiger partial charge is 0.469 e. The molecule has 0 saturated carbocycles. The molecule has 0 saturated heterocycles. The van der Waals surface area contributed by atoms with Crippen LogP contribution in [0.1, 0.15) is 11.5 Å². The fraction of sp³-hybridized carbons (Fsp3) is 0.200. The number of nitrogen functional groups attached to an aromatic ring is 1. The molecule has 0 radical (unpaired) electrons. The zero-order valence-electron chi connectivity index (χ0n) is 11.3. The van der Waals surface area contributed by atoms with Gasteiger partial charge in [-0.1, -0.05) is 6.07 Å². The van der Waals surface area contributed by atoms with E-state index in [0.29, 0.717) is 5.82 Å². The number of pyridine rings is 1. The van der Waals surface area contributed by atoms with Crippen molar-refractivity contribution >= 4 is 5.82 Å². The first-order valence-corrected chi connectivity index (χ1v) is 6.50. The van der Waals surface area contributed by atoms with E-state index < -0.39 is 0 Å². The molecule has 0 aliphatic rings. The molecule has 2 N–H and O–H groups in total. The molecule has 0 atom stereocenters. The molecule has 0 aromatic carbocycles. The number of anilines is 1. The Morgan fingerprint density at radius 3 is 2.85 bits per heavy atom. The van der Waals surface area contributed by atoms with Gasteiger partial charge in [0.25, 0.3) is 0 Å². The van der Waals surface area contributed by atoms with Crippen molar-refractivity contribution in [2.75, 3.05) is 5.73 Å². The average molecular weight is 268 g/mol.